The lowest BCUT2D eigenvalue weighted by Crippen LogP contribution is -2.31. The van der Waals surface area contributed by atoms with E-state index in [1.165, 1.54) is 6.92 Å². The van der Waals surface area contributed by atoms with Crippen LogP contribution >= 0.6 is 0 Å². The first-order valence-electron chi connectivity index (χ1n) is 5.93. The number of carbonyl (C=O) groups excluding carboxylic acids is 1. The summed E-state index contributed by atoms with van der Waals surface area (Å²) >= 11 is 0. The van der Waals surface area contributed by atoms with Gasteiger partial charge >= 0.3 is 11.9 Å². The quantitative estimate of drug-likeness (QED) is 0.444. The van der Waals surface area contributed by atoms with Crippen molar-refractivity contribution in [1.82, 2.24) is 5.32 Å². The fourth-order valence-corrected chi connectivity index (χ4v) is 1.50. The Morgan fingerprint density at radius 2 is 2.00 bits per heavy atom. The molecular formula is C13H13N3O5. The second kappa shape index (κ2) is 5.95. The van der Waals surface area contributed by atoms with Gasteiger partial charge in [-0.15, -0.1) is 0 Å². The van der Waals surface area contributed by atoms with Crippen molar-refractivity contribution >= 4 is 17.6 Å². The van der Waals surface area contributed by atoms with Crippen molar-refractivity contribution in [3.05, 3.63) is 52.0 Å². The Morgan fingerprint density at radius 3 is 2.57 bits per heavy atom. The zero-order valence-electron chi connectivity index (χ0n) is 11.1. The lowest BCUT2D eigenvalue weighted by molar-refractivity contribution is 0.135. The monoisotopic (exact) mass is 291 g/mol. The van der Waals surface area contributed by atoms with E-state index in [1.54, 1.807) is 24.3 Å². The van der Waals surface area contributed by atoms with Crippen LogP contribution in [0.2, 0.25) is 0 Å². The van der Waals surface area contributed by atoms with Gasteiger partial charge < -0.3 is 19.3 Å². The van der Waals surface area contributed by atoms with Gasteiger partial charge in [0.05, 0.1) is 0 Å². The molecule has 1 aromatic carbocycles. The van der Waals surface area contributed by atoms with Crippen LogP contribution < -0.4 is 16.9 Å². The summed E-state index contributed by atoms with van der Waals surface area (Å²) in [4.78, 5) is 22.3. The van der Waals surface area contributed by atoms with E-state index >= 15 is 0 Å². The summed E-state index contributed by atoms with van der Waals surface area (Å²) in [6.45, 7) is 1.25. The molecule has 21 heavy (non-hydrogen) atoms. The molecule has 1 aromatic heterocycles. The number of aryl methyl sites for hydroxylation is 1. The van der Waals surface area contributed by atoms with Crippen molar-refractivity contribution in [3.8, 4) is 0 Å². The molecule has 2 rings (SSSR count). The highest BCUT2D eigenvalue weighted by atomic mass is 16.6. The predicted molar refractivity (Wildman–Crippen MR) is 73.0 cm³/mol. The van der Waals surface area contributed by atoms with Crippen molar-refractivity contribution < 1.29 is 18.4 Å². The first-order valence-corrected chi connectivity index (χ1v) is 5.93. The molecule has 0 spiro atoms. The van der Waals surface area contributed by atoms with E-state index in [9.17, 15) is 9.59 Å². The van der Waals surface area contributed by atoms with Crippen molar-refractivity contribution in [2.75, 3.05) is 5.73 Å². The number of amidine groups is 1. The molecule has 0 aliphatic rings. The average molecular weight is 291 g/mol. The Labute approximate surface area is 119 Å². The van der Waals surface area contributed by atoms with Gasteiger partial charge in [0.1, 0.15) is 5.84 Å². The number of nitrogens with one attached hydrogen (secondary N) is 2. The number of benzene rings is 1. The fraction of sp³-hybridized carbons (Fsp3) is 0.154. The normalized spacial score (nSPS) is 10.1. The molecule has 110 valence electrons. The van der Waals surface area contributed by atoms with Crippen LogP contribution in [0.3, 0.4) is 0 Å². The Morgan fingerprint density at radius 1 is 1.33 bits per heavy atom. The smallest absolute Gasteiger partial charge is 0.441 e. The molecule has 4 N–H and O–H groups in total. The third kappa shape index (κ3) is 3.72. The molecule has 1 amide bonds. The van der Waals surface area contributed by atoms with Crippen LogP contribution in [-0.4, -0.2) is 11.9 Å². The number of alkyl carbamates (subject to hydrolysis) is 1. The lowest BCUT2D eigenvalue weighted by Gasteiger charge is -2.07. The molecule has 8 heteroatoms. The molecule has 0 saturated carbocycles. The van der Waals surface area contributed by atoms with Gasteiger partial charge in [0.2, 0.25) is 0 Å². The van der Waals surface area contributed by atoms with Crippen LogP contribution in [-0.2, 0) is 11.3 Å². The lowest BCUT2D eigenvalue weighted by atomic mass is 10.2. The zero-order valence-corrected chi connectivity index (χ0v) is 11.1. The number of amides is 1. The molecule has 0 saturated heterocycles. The van der Waals surface area contributed by atoms with Crippen molar-refractivity contribution in [2.45, 2.75) is 13.5 Å². The molecule has 0 radical (unpaired) electrons. The summed E-state index contributed by atoms with van der Waals surface area (Å²) in [6.07, 6.45) is -0.847. The highest BCUT2D eigenvalue weighted by molar-refractivity contribution is 6.04. The molecular weight excluding hydrogens is 278 g/mol. The number of rotatable bonds is 3. The summed E-state index contributed by atoms with van der Waals surface area (Å²) in [5.74, 6) is -0.637. The highest BCUT2D eigenvalue weighted by Gasteiger charge is 2.12. The number of ether oxygens (including phenoxy) is 1. The van der Waals surface area contributed by atoms with Gasteiger partial charge in [-0.05, 0) is 31.2 Å². The van der Waals surface area contributed by atoms with Gasteiger partial charge in [0, 0.05) is 11.3 Å². The van der Waals surface area contributed by atoms with E-state index in [0.717, 1.165) is 0 Å². The molecule has 0 atom stereocenters. The van der Waals surface area contributed by atoms with Crippen LogP contribution in [0.4, 0.5) is 10.5 Å². The number of carbonyl (C=O) groups is 1. The van der Waals surface area contributed by atoms with Crippen LogP contribution in [0.5, 0.6) is 0 Å². The van der Waals surface area contributed by atoms with Crippen LogP contribution in [0.15, 0.2) is 37.9 Å². The summed E-state index contributed by atoms with van der Waals surface area (Å²) in [5.41, 5.74) is 6.56. The first kappa shape index (κ1) is 14.4. The fourth-order valence-electron chi connectivity index (χ4n) is 1.50. The molecule has 0 fully saturated rings. The summed E-state index contributed by atoms with van der Waals surface area (Å²) in [5, 5.41) is 9.96. The second-order valence-electron chi connectivity index (χ2n) is 4.13. The number of anilines is 1. The maximum absolute atomic E-state index is 11.5. The second-order valence-corrected chi connectivity index (χ2v) is 4.13. The molecule has 0 aliphatic carbocycles. The molecule has 2 aromatic rings. The number of hydrogen-bond acceptors (Lipinski definition) is 7. The van der Waals surface area contributed by atoms with Gasteiger partial charge in [-0.2, -0.15) is 0 Å². The zero-order chi connectivity index (χ0) is 15.4. The molecule has 0 bridgehead atoms. The Kier molecular flexibility index (Phi) is 4.07. The van der Waals surface area contributed by atoms with Crippen LogP contribution in [0, 0.1) is 12.3 Å². The molecule has 0 unspecified atom stereocenters. The number of hydrogen-bond donors (Lipinski definition) is 3. The minimum absolute atomic E-state index is 0.120. The van der Waals surface area contributed by atoms with Gasteiger partial charge in [-0.1, -0.05) is 0 Å². The van der Waals surface area contributed by atoms with E-state index < -0.39 is 11.9 Å². The molecule has 8 nitrogen and oxygen atoms in total. The molecule has 0 aliphatic heterocycles. The summed E-state index contributed by atoms with van der Waals surface area (Å²) in [6, 6.07) is 6.41. The molecule has 1 heterocycles. The minimum Gasteiger partial charge on any atom is -0.441 e. The van der Waals surface area contributed by atoms with Crippen molar-refractivity contribution in [2.24, 2.45) is 0 Å². The number of nitrogens with two attached hydrogens (primary N) is 1. The van der Waals surface area contributed by atoms with Crippen LogP contribution in [0.1, 0.15) is 17.1 Å². The maximum atomic E-state index is 11.5. The summed E-state index contributed by atoms with van der Waals surface area (Å²) < 4.78 is 14.1. The first-order chi connectivity index (χ1) is 9.95. The van der Waals surface area contributed by atoms with Crippen LogP contribution in [0.25, 0.3) is 0 Å². The van der Waals surface area contributed by atoms with E-state index in [1.807, 2.05) is 0 Å². The van der Waals surface area contributed by atoms with Gasteiger partial charge in [0.25, 0.3) is 0 Å². The van der Waals surface area contributed by atoms with Gasteiger partial charge in [-0.25, -0.2) is 9.59 Å². The number of nitrogen functional groups attached to an aromatic ring is 1. The van der Waals surface area contributed by atoms with E-state index in [2.05, 4.69) is 14.2 Å². The Balaban J connectivity index is 1.89. The van der Waals surface area contributed by atoms with Crippen molar-refractivity contribution in [1.29, 1.82) is 5.41 Å². The minimum atomic E-state index is -0.860. The third-order valence-corrected chi connectivity index (χ3v) is 2.60. The maximum Gasteiger partial charge on any atom is 0.519 e. The predicted octanol–water partition coefficient (Wildman–Crippen LogP) is 1.38. The van der Waals surface area contributed by atoms with E-state index in [0.29, 0.717) is 11.3 Å². The van der Waals surface area contributed by atoms with Gasteiger partial charge in [-0.3, -0.25) is 10.7 Å². The summed E-state index contributed by atoms with van der Waals surface area (Å²) in [7, 11) is 0. The topological polar surface area (TPSA) is 132 Å². The van der Waals surface area contributed by atoms with Crippen molar-refractivity contribution in [3.63, 3.8) is 0 Å². The largest absolute Gasteiger partial charge is 0.519 e. The van der Waals surface area contributed by atoms with E-state index in [4.69, 9.17) is 15.9 Å². The highest BCUT2D eigenvalue weighted by Crippen LogP contribution is 2.07. The van der Waals surface area contributed by atoms with Gasteiger partial charge in [0.15, 0.2) is 18.1 Å². The Bertz CT molecular complexity index is 714. The Hall–Kier alpha value is -3.03. The standard InChI is InChI=1S/C13H13N3O5/c1-7-10(21-13(18)20-7)6-19-12(17)16-11(15)8-2-4-9(14)5-3-8/h2-5H,6,14H2,1H3,(H2,15,16,17). The van der Waals surface area contributed by atoms with E-state index in [-0.39, 0.29) is 24.0 Å². The average Bonchev–Trinajstić information content (AvgIpc) is 2.75. The SMILES string of the molecule is Cc1oc(=O)oc1COC(=O)NC(=N)c1ccc(N)cc1. The third-order valence-electron chi connectivity index (χ3n) is 2.60.